The monoisotopic (exact) mass is 504 g/mol. The van der Waals surface area contributed by atoms with E-state index in [1.54, 1.807) is 43.1 Å². The smallest absolute Gasteiger partial charge is 0.131 e. The van der Waals surface area contributed by atoms with E-state index in [4.69, 9.17) is 5.73 Å². The first-order valence-corrected chi connectivity index (χ1v) is 12.2. The molecule has 0 unspecified atom stereocenters. The van der Waals surface area contributed by atoms with Crippen LogP contribution in [0, 0.1) is 11.2 Å². The van der Waals surface area contributed by atoms with Gasteiger partial charge in [-0.3, -0.25) is 9.97 Å². The van der Waals surface area contributed by atoms with Gasteiger partial charge in [-0.05, 0) is 35.9 Å². The SMILES string of the molecule is C=C(c1cc2c(-c3ccc(F)cc3)cncc2[nH]1)c1cc(-c2cncc(NC(=C)C(C)(C)C)c2)cnc1N. The molecule has 6 nitrogen and oxygen atoms in total. The summed E-state index contributed by atoms with van der Waals surface area (Å²) in [7, 11) is 0. The molecule has 0 bridgehead atoms. The summed E-state index contributed by atoms with van der Waals surface area (Å²) < 4.78 is 13.5. The van der Waals surface area contributed by atoms with E-state index in [1.165, 1.54) is 12.1 Å². The predicted octanol–water partition coefficient (Wildman–Crippen LogP) is 7.44. The third kappa shape index (κ3) is 4.91. The molecular formula is C31H29FN6. The molecule has 0 fully saturated rings. The molecule has 7 heteroatoms. The molecule has 5 aromatic rings. The molecule has 0 aliphatic rings. The Morgan fingerprint density at radius 1 is 0.895 bits per heavy atom. The first-order chi connectivity index (χ1) is 18.1. The summed E-state index contributed by atoms with van der Waals surface area (Å²) in [5.74, 6) is 0.0909. The van der Waals surface area contributed by atoms with E-state index >= 15 is 0 Å². The highest BCUT2D eigenvalue weighted by Gasteiger charge is 2.17. The zero-order chi connectivity index (χ0) is 27.0. The van der Waals surface area contributed by atoms with Gasteiger partial charge in [0.2, 0.25) is 0 Å². The Balaban J connectivity index is 1.49. The van der Waals surface area contributed by atoms with Gasteiger partial charge in [-0.25, -0.2) is 9.37 Å². The third-order valence-corrected chi connectivity index (χ3v) is 6.54. The van der Waals surface area contributed by atoms with Crippen LogP contribution >= 0.6 is 0 Å². The highest BCUT2D eigenvalue weighted by atomic mass is 19.1. The van der Waals surface area contributed by atoms with Crippen LogP contribution in [-0.2, 0) is 0 Å². The highest BCUT2D eigenvalue weighted by molar-refractivity contribution is 5.98. The molecule has 5 rings (SSSR count). The van der Waals surface area contributed by atoms with Crippen molar-refractivity contribution in [2.75, 3.05) is 11.1 Å². The summed E-state index contributed by atoms with van der Waals surface area (Å²) >= 11 is 0. The normalized spacial score (nSPS) is 11.5. The van der Waals surface area contributed by atoms with Crippen molar-refractivity contribution >= 4 is 28.0 Å². The van der Waals surface area contributed by atoms with Crippen LogP contribution in [0.1, 0.15) is 32.0 Å². The van der Waals surface area contributed by atoms with Gasteiger partial charge < -0.3 is 16.0 Å². The van der Waals surface area contributed by atoms with Crippen LogP contribution in [-0.4, -0.2) is 19.9 Å². The number of nitrogen functional groups attached to an aromatic ring is 1. The maximum Gasteiger partial charge on any atom is 0.131 e. The Morgan fingerprint density at radius 2 is 1.61 bits per heavy atom. The van der Waals surface area contributed by atoms with Gasteiger partial charge in [0, 0.05) is 68.6 Å². The zero-order valence-corrected chi connectivity index (χ0v) is 21.6. The molecule has 4 N–H and O–H groups in total. The molecule has 0 amide bonds. The van der Waals surface area contributed by atoms with Gasteiger partial charge in [-0.15, -0.1) is 0 Å². The maximum atomic E-state index is 13.5. The lowest BCUT2D eigenvalue weighted by Crippen LogP contribution is -2.15. The van der Waals surface area contributed by atoms with Gasteiger partial charge in [0.25, 0.3) is 0 Å². The molecule has 38 heavy (non-hydrogen) atoms. The molecule has 0 saturated heterocycles. The number of nitrogens with zero attached hydrogens (tertiary/aromatic N) is 3. The number of nitrogens with two attached hydrogens (primary N) is 1. The summed E-state index contributed by atoms with van der Waals surface area (Å²) in [4.78, 5) is 16.6. The van der Waals surface area contributed by atoms with Crippen LogP contribution < -0.4 is 11.1 Å². The van der Waals surface area contributed by atoms with Crippen LogP contribution in [0.25, 0.3) is 38.7 Å². The van der Waals surface area contributed by atoms with Crippen LogP contribution in [0.4, 0.5) is 15.9 Å². The number of aromatic amines is 1. The van der Waals surface area contributed by atoms with Gasteiger partial charge in [0.1, 0.15) is 11.6 Å². The fraction of sp³-hybridized carbons (Fsp3) is 0.129. The fourth-order valence-corrected chi connectivity index (χ4v) is 4.12. The Labute approximate surface area is 221 Å². The Bertz CT molecular complexity index is 1680. The number of benzene rings is 1. The van der Waals surface area contributed by atoms with Gasteiger partial charge in [0.05, 0.1) is 23.6 Å². The molecule has 0 radical (unpaired) electrons. The molecule has 4 heterocycles. The standard InChI is InChI=1S/C31H29FN6/c1-18(28-12-26-27(16-35-17-29(26)38-28)20-6-8-23(32)9-7-20)25-11-22(14-36-30(25)33)21-10-24(15-34-13-21)37-19(2)31(3,4)5/h6-17,37-38H,1-2H2,3-5H3,(H2,33,36). The van der Waals surface area contributed by atoms with Crippen molar-refractivity contribution < 1.29 is 4.39 Å². The van der Waals surface area contributed by atoms with Gasteiger partial charge in [0.15, 0.2) is 0 Å². The Kier molecular flexibility index (Phi) is 6.28. The average Bonchev–Trinajstić information content (AvgIpc) is 3.33. The van der Waals surface area contributed by atoms with E-state index in [9.17, 15) is 4.39 Å². The van der Waals surface area contributed by atoms with Gasteiger partial charge in [-0.2, -0.15) is 0 Å². The number of fused-ring (bicyclic) bond motifs is 1. The second kappa shape index (κ2) is 9.59. The molecule has 0 atom stereocenters. The molecular weight excluding hydrogens is 475 g/mol. The van der Waals surface area contributed by atoms with Crippen molar-refractivity contribution in [2.24, 2.45) is 5.41 Å². The van der Waals surface area contributed by atoms with Gasteiger partial charge >= 0.3 is 0 Å². The van der Waals surface area contributed by atoms with Gasteiger partial charge in [-0.1, -0.05) is 46.1 Å². The second-order valence-electron chi connectivity index (χ2n) is 10.3. The molecule has 0 saturated carbocycles. The Hall–Kier alpha value is -4.78. The van der Waals surface area contributed by atoms with Crippen molar-refractivity contribution in [3.05, 3.63) is 109 Å². The number of halogens is 1. The lowest BCUT2D eigenvalue weighted by molar-refractivity contribution is 0.509. The van der Waals surface area contributed by atoms with Crippen molar-refractivity contribution in [1.82, 2.24) is 19.9 Å². The van der Waals surface area contributed by atoms with Crippen molar-refractivity contribution in [2.45, 2.75) is 20.8 Å². The number of hydrogen-bond donors (Lipinski definition) is 3. The summed E-state index contributed by atoms with van der Waals surface area (Å²) in [5.41, 5.74) is 14.5. The Morgan fingerprint density at radius 3 is 2.34 bits per heavy atom. The number of nitrogens with one attached hydrogen (secondary N) is 2. The first kappa shape index (κ1) is 24.9. The largest absolute Gasteiger partial charge is 0.383 e. The third-order valence-electron chi connectivity index (χ3n) is 6.54. The lowest BCUT2D eigenvalue weighted by Gasteiger charge is -2.23. The molecule has 0 aliphatic carbocycles. The lowest BCUT2D eigenvalue weighted by atomic mass is 9.93. The van der Waals surface area contributed by atoms with E-state index in [1.807, 2.05) is 18.2 Å². The van der Waals surface area contributed by atoms with Crippen molar-refractivity contribution in [3.8, 4) is 22.3 Å². The van der Waals surface area contributed by atoms with E-state index in [2.05, 4.69) is 59.2 Å². The quantitative estimate of drug-likeness (QED) is 0.223. The molecule has 1 aromatic carbocycles. The summed E-state index contributed by atoms with van der Waals surface area (Å²) in [5, 5.41) is 4.30. The van der Waals surface area contributed by atoms with Crippen LogP contribution in [0.5, 0.6) is 0 Å². The molecule has 0 aliphatic heterocycles. The summed E-state index contributed by atoms with van der Waals surface area (Å²) in [6.45, 7) is 14.8. The first-order valence-electron chi connectivity index (χ1n) is 12.2. The zero-order valence-electron chi connectivity index (χ0n) is 21.6. The fourth-order valence-electron chi connectivity index (χ4n) is 4.12. The summed E-state index contributed by atoms with van der Waals surface area (Å²) in [6.07, 6.45) is 8.81. The maximum absolute atomic E-state index is 13.5. The van der Waals surface area contributed by atoms with Crippen LogP contribution in [0.2, 0.25) is 0 Å². The number of rotatable bonds is 6. The number of H-pyrrole nitrogens is 1. The van der Waals surface area contributed by atoms with Crippen molar-refractivity contribution in [3.63, 3.8) is 0 Å². The second-order valence-corrected chi connectivity index (χ2v) is 10.3. The number of pyridine rings is 3. The minimum absolute atomic E-state index is 0.0880. The van der Waals surface area contributed by atoms with E-state index in [0.717, 1.165) is 50.2 Å². The summed E-state index contributed by atoms with van der Waals surface area (Å²) in [6, 6.07) is 12.4. The van der Waals surface area contributed by atoms with E-state index in [-0.39, 0.29) is 11.2 Å². The number of hydrogen-bond acceptors (Lipinski definition) is 5. The molecule has 0 spiro atoms. The molecule has 4 aromatic heterocycles. The number of aromatic nitrogens is 4. The number of anilines is 2. The highest BCUT2D eigenvalue weighted by Crippen LogP contribution is 2.34. The van der Waals surface area contributed by atoms with Crippen LogP contribution in [0.15, 0.2) is 92.3 Å². The average molecular weight is 505 g/mol. The minimum Gasteiger partial charge on any atom is -0.383 e. The van der Waals surface area contributed by atoms with Crippen LogP contribution in [0.3, 0.4) is 0 Å². The minimum atomic E-state index is -0.282. The number of allylic oxidation sites excluding steroid dienone is 1. The van der Waals surface area contributed by atoms with Crippen molar-refractivity contribution in [1.29, 1.82) is 0 Å². The van der Waals surface area contributed by atoms with E-state index in [0.29, 0.717) is 17.0 Å². The predicted molar refractivity (Wildman–Crippen MR) is 154 cm³/mol. The molecule has 190 valence electrons. The van der Waals surface area contributed by atoms with E-state index < -0.39 is 0 Å². The topological polar surface area (TPSA) is 92.5 Å².